The van der Waals surface area contributed by atoms with Crippen molar-refractivity contribution in [3.8, 4) is 24.3 Å². The van der Waals surface area contributed by atoms with Crippen molar-refractivity contribution in [2.24, 2.45) is 0 Å². The average molecular weight is 192 g/mol. The molecular formula is C11H4N4. The van der Waals surface area contributed by atoms with Crippen molar-refractivity contribution in [1.82, 2.24) is 0 Å². The predicted molar refractivity (Wildman–Crippen MR) is 49.9 cm³/mol. The van der Waals surface area contributed by atoms with Gasteiger partial charge in [0.05, 0.1) is 47.4 Å². The molecular weight excluding hydrogens is 188 g/mol. The summed E-state index contributed by atoms with van der Waals surface area (Å²) in [5, 5.41) is 34.8. The highest BCUT2D eigenvalue weighted by atomic mass is 14.3. The van der Waals surface area contributed by atoms with Crippen LogP contribution in [0.5, 0.6) is 0 Å². The van der Waals surface area contributed by atoms with E-state index in [1.807, 2.05) is 24.3 Å². The fraction of sp³-hybridized carbons (Fsp3) is 0.0909. The molecule has 4 heteroatoms. The van der Waals surface area contributed by atoms with Gasteiger partial charge in [-0.2, -0.15) is 21.0 Å². The molecule has 0 atom stereocenters. The number of rotatable bonds is 1. The van der Waals surface area contributed by atoms with Gasteiger partial charge in [0.25, 0.3) is 0 Å². The molecule has 0 aliphatic rings. The minimum Gasteiger partial charge on any atom is -0.198 e. The first-order valence-corrected chi connectivity index (χ1v) is 4.01. The third-order valence-electron chi connectivity index (χ3n) is 1.88. The van der Waals surface area contributed by atoms with Gasteiger partial charge in [-0.05, 0) is 12.1 Å². The first kappa shape index (κ1) is 10.3. The highest BCUT2D eigenvalue weighted by molar-refractivity contribution is 5.54. The molecule has 0 bridgehead atoms. The summed E-state index contributed by atoms with van der Waals surface area (Å²) in [5.41, 5.74) is 1.07. The maximum absolute atomic E-state index is 8.81. The topological polar surface area (TPSA) is 95.2 Å². The second-order valence-corrected chi connectivity index (χ2v) is 2.72. The van der Waals surface area contributed by atoms with Gasteiger partial charge >= 0.3 is 0 Å². The van der Waals surface area contributed by atoms with Crippen LogP contribution < -0.4 is 0 Å². The van der Waals surface area contributed by atoms with Gasteiger partial charge in [-0.15, -0.1) is 0 Å². The number of hydrogen-bond acceptors (Lipinski definition) is 4. The summed E-state index contributed by atoms with van der Waals surface area (Å²) >= 11 is 0. The van der Waals surface area contributed by atoms with E-state index in [0.29, 0.717) is 5.56 Å². The number of hydrogen-bond donors (Lipinski definition) is 0. The second-order valence-electron chi connectivity index (χ2n) is 2.72. The Labute approximate surface area is 86.8 Å². The summed E-state index contributed by atoms with van der Waals surface area (Å²) in [7, 11) is 0. The van der Waals surface area contributed by atoms with Crippen LogP contribution in [0.2, 0.25) is 0 Å². The minimum absolute atomic E-state index is 0.00248. The fourth-order valence-electron chi connectivity index (χ4n) is 1.21. The maximum atomic E-state index is 8.81. The van der Waals surface area contributed by atoms with E-state index in [-0.39, 0.29) is 23.1 Å². The van der Waals surface area contributed by atoms with Crippen LogP contribution in [0, 0.1) is 45.3 Å². The van der Waals surface area contributed by atoms with Gasteiger partial charge in [-0.25, -0.2) is 0 Å². The third kappa shape index (κ3) is 1.92. The molecule has 0 heterocycles. The molecule has 1 aromatic rings. The molecule has 1 aromatic carbocycles. The summed E-state index contributed by atoms with van der Waals surface area (Å²) in [5.74, 6) is 0. The van der Waals surface area contributed by atoms with Crippen molar-refractivity contribution >= 4 is 0 Å². The lowest BCUT2D eigenvalue weighted by Crippen LogP contribution is -1.95. The van der Waals surface area contributed by atoms with Crippen LogP contribution >= 0.6 is 0 Å². The summed E-state index contributed by atoms with van der Waals surface area (Å²) in [4.78, 5) is 0. The largest absolute Gasteiger partial charge is 0.198 e. The van der Waals surface area contributed by atoms with Gasteiger partial charge in [-0.3, -0.25) is 0 Å². The summed E-state index contributed by atoms with van der Waals surface area (Å²) in [6.07, 6.45) is -0.00248. The number of benzene rings is 1. The fourth-order valence-corrected chi connectivity index (χ4v) is 1.21. The van der Waals surface area contributed by atoms with Gasteiger partial charge in [0.1, 0.15) is 0 Å². The second kappa shape index (κ2) is 4.43. The Morgan fingerprint density at radius 1 is 0.867 bits per heavy atom. The van der Waals surface area contributed by atoms with Crippen LogP contribution in [0.4, 0.5) is 0 Å². The average Bonchev–Trinajstić information content (AvgIpc) is 2.29. The zero-order valence-electron chi connectivity index (χ0n) is 7.65. The van der Waals surface area contributed by atoms with Crippen LogP contribution in [-0.2, 0) is 6.42 Å². The normalized spacial score (nSPS) is 8.00. The first-order chi connectivity index (χ1) is 7.26. The lowest BCUT2D eigenvalue weighted by atomic mass is 9.97. The van der Waals surface area contributed by atoms with Crippen LogP contribution in [0.1, 0.15) is 22.3 Å². The molecule has 15 heavy (non-hydrogen) atoms. The minimum atomic E-state index is -0.00248. The molecule has 0 N–H and O–H groups in total. The van der Waals surface area contributed by atoms with Crippen LogP contribution in [0.15, 0.2) is 12.1 Å². The van der Waals surface area contributed by atoms with Crippen molar-refractivity contribution < 1.29 is 0 Å². The van der Waals surface area contributed by atoms with Gasteiger partial charge in [0, 0.05) is 5.56 Å². The quantitative estimate of drug-likeness (QED) is 0.671. The van der Waals surface area contributed by atoms with Gasteiger partial charge in [0.15, 0.2) is 0 Å². The zero-order valence-corrected chi connectivity index (χ0v) is 7.65. The molecule has 68 valence electrons. The van der Waals surface area contributed by atoms with Gasteiger partial charge in [-0.1, -0.05) is 0 Å². The Kier molecular flexibility index (Phi) is 3.03. The summed E-state index contributed by atoms with van der Waals surface area (Å²) in [6, 6.07) is 10.3. The van der Waals surface area contributed by atoms with Crippen molar-refractivity contribution in [1.29, 1.82) is 21.0 Å². The van der Waals surface area contributed by atoms with Crippen molar-refractivity contribution in [3.05, 3.63) is 34.4 Å². The van der Waals surface area contributed by atoms with Crippen molar-refractivity contribution in [2.45, 2.75) is 6.42 Å². The van der Waals surface area contributed by atoms with E-state index in [1.165, 1.54) is 12.1 Å². The van der Waals surface area contributed by atoms with E-state index in [4.69, 9.17) is 21.0 Å². The smallest absolute Gasteiger partial charge is 0.0995 e. The molecule has 0 saturated carbocycles. The summed E-state index contributed by atoms with van der Waals surface area (Å²) in [6.45, 7) is 0. The molecule has 0 aliphatic carbocycles. The Morgan fingerprint density at radius 2 is 1.40 bits per heavy atom. The van der Waals surface area contributed by atoms with E-state index in [0.717, 1.165) is 0 Å². The number of nitriles is 4. The molecule has 0 aromatic heterocycles. The Hall–Kier alpha value is -2.82. The molecule has 0 amide bonds. The molecule has 0 aliphatic heterocycles. The van der Waals surface area contributed by atoms with E-state index in [1.54, 1.807) is 0 Å². The maximum Gasteiger partial charge on any atom is 0.0995 e. The monoisotopic (exact) mass is 192 g/mol. The molecule has 0 spiro atoms. The molecule has 0 fully saturated rings. The summed E-state index contributed by atoms with van der Waals surface area (Å²) < 4.78 is 0. The standard InChI is InChI=1S/C11H4N4/c12-2-1-11-9(6-14)3-8(5-13)4-10(11)7-15/h3-4H,1H2. The van der Waals surface area contributed by atoms with E-state index >= 15 is 0 Å². The third-order valence-corrected chi connectivity index (χ3v) is 1.88. The zero-order chi connectivity index (χ0) is 11.3. The molecule has 0 unspecified atom stereocenters. The lowest BCUT2D eigenvalue weighted by molar-refractivity contribution is 1.22. The highest BCUT2D eigenvalue weighted by Crippen LogP contribution is 2.17. The molecule has 0 saturated heterocycles. The van der Waals surface area contributed by atoms with Crippen molar-refractivity contribution in [3.63, 3.8) is 0 Å². The van der Waals surface area contributed by atoms with Crippen LogP contribution in [0.25, 0.3) is 0 Å². The van der Waals surface area contributed by atoms with E-state index in [2.05, 4.69) is 0 Å². The molecule has 1 rings (SSSR count). The molecule has 0 radical (unpaired) electrons. The van der Waals surface area contributed by atoms with E-state index in [9.17, 15) is 0 Å². The van der Waals surface area contributed by atoms with Crippen LogP contribution in [-0.4, -0.2) is 0 Å². The Balaban J connectivity index is 3.53. The Bertz CT molecular complexity index is 523. The van der Waals surface area contributed by atoms with Gasteiger partial charge in [0.2, 0.25) is 0 Å². The predicted octanol–water partition coefficient (Wildman–Crippen LogP) is 1.37. The van der Waals surface area contributed by atoms with Gasteiger partial charge < -0.3 is 0 Å². The van der Waals surface area contributed by atoms with Crippen LogP contribution in [0.3, 0.4) is 0 Å². The Morgan fingerprint density at radius 3 is 1.73 bits per heavy atom. The lowest BCUT2D eigenvalue weighted by Gasteiger charge is -2.02. The SMILES string of the molecule is N#CCc1c(C#N)cc(C#N)cc1C#N. The van der Waals surface area contributed by atoms with E-state index < -0.39 is 0 Å². The molecule has 4 nitrogen and oxygen atoms in total. The first-order valence-electron chi connectivity index (χ1n) is 4.01. The number of nitrogens with zero attached hydrogens (tertiary/aromatic N) is 4. The van der Waals surface area contributed by atoms with Crippen molar-refractivity contribution in [2.75, 3.05) is 0 Å². The highest BCUT2D eigenvalue weighted by Gasteiger charge is 2.10.